The van der Waals surface area contributed by atoms with Crippen molar-refractivity contribution >= 4 is 11.3 Å². The van der Waals surface area contributed by atoms with Gasteiger partial charge < -0.3 is 10.4 Å². The summed E-state index contributed by atoms with van der Waals surface area (Å²) in [6.07, 6.45) is 5.91. The summed E-state index contributed by atoms with van der Waals surface area (Å²) in [4.78, 5) is 1.09. The van der Waals surface area contributed by atoms with Gasteiger partial charge in [-0.05, 0) is 37.3 Å². The van der Waals surface area contributed by atoms with E-state index in [1.807, 2.05) is 17.5 Å². The Labute approximate surface area is 95.3 Å². The largest absolute Gasteiger partial charge is 0.388 e. The van der Waals surface area contributed by atoms with Gasteiger partial charge in [0.2, 0.25) is 0 Å². The Bertz CT molecular complexity index is 267. The first kappa shape index (κ1) is 11.1. The molecule has 0 bridgehead atoms. The molecular weight excluding hydrogens is 206 g/mol. The molecule has 0 aromatic carbocycles. The molecule has 1 fully saturated rings. The van der Waals surface area contributed by atoms with Gasteiger partial charge in [0.1, 0.15) is 0 Å². The van der Waals surface area contributed by atoms with Crippen LogP contribution in [0.1, 0.15) is 43.1 Å². The minimum absolute atomic E-state index is 0.279. The summed E-state index contributed by atoms with van der Waals surface area (Å²) in [6, 6.07) is 4.71. The second-order valence-corrected chi connectivity index (χ2v) is 5.23. The van der Waals surface area contributed by atoms with E-state index in [1.54, 1.807) is 11.3 Å². The summed E-state index contributed by atoms with van der Waals surface area (Å²) in [6.45, 7) is 0.934. The van der Waals surface area contributed by atoms with Crippen LogP contribution in [-0.2, 0) is 0 Å². The van der Waals surface area contributed by atoms with Crippen LogP contribution < -0.4 is 5.32 Å². The lowest BCUT2D eigenvalue weighted by molar-refractivity contribution is 0.169. The first-order chi connectivity index (χ1) is 7.36. The molecule has 2 rings (SSSR count). The van der Waals surface area contributed by atoms with Gasteiger partial charge in [0.15, 0.2) is 0 Å². The van der Waals surface area contributed by atoms with Crippen LogP contribution in [0.2, 0.25) is 0 Å². The Morgan fingerprint density at radius 1 is 1.47 bits per heavy atom. The van der Waals surface area contributed by atoms with Gasteiger partial charge in [-0.15, -0.1) is 11.3 Å². The third kappa shape index (κ3) is 3.30. The van der Waals surface area contributed by atoms with E-state index >= 15 is 0 Å². The molecule has 1 aromatic heterocycles. The highest BCUT2D eigenvalue weighted by molar-refractivity contribution is 7.10. The molecule has 0 aliphatic heterocycles. The number of rotatable bonds is 5. The van der Waals surface area contributed by atoms with Crippen molar-refractivity contribution in [3.05, 3.63) is 22.4 Å². The van der Waals surface area contributed by atoms with Crippen molar-refractivity contribution in [3.8, 4) is 0 Å². The lowest BCUT2D eigenvalue weighted by Gasteiger charge is -2.13. The number of hydrogen-bond donors (Lipinski definition) is 2. The number of nitrogens with one attached hydrogen (secondary N) is 1. The predicted octanol–water partition coefficient (Wildman–Crippen LogP) is 2.70. The second-order valence-electron chi connectivity index (χ2n) is 4.26. The highest BCUT2D eigenvalue weighted by Crippen LogP contribution is 2.22. The van der Waals surface area contributed by atoms with E-state index in [1.165, 1.54) is 25.7 Å². The highest BCUT2D eigenvalue weighted by atomic mass is 32.1. The summed E-state index contributed by atoms with van der Waals surface area (Å²) >= 11 is 1.64. The molecule has 0 amide bonds. The SMILES string of the molecule is OC(CCNC1CCCC1)c1cccs1. The maximum Gasteiger partial charge on any atom is 0.0894 e. The molecule has 84 valence electrons. The van der Waals surface area contributed by atoms with E-state index < -0.39 is 0 Å². The number of aliphatic hydroxyl groups excluding tert-OH is 1. The second kappa shape index (κ2) is 5.64. The molecule has 0 radical (unpaired) electrons. The zero-order valence-corrected chi connectivity index (χ0v) is 9.80. The van der Waals surface area contributed by atoms with Crippen molar-refractivity contribution in [2.75, 3.05) is 6.54 Å². The van der Waals surface area contributed by atoms with Crippen LogP contribution in [0.15, 0.2) is 17.5 Å². The average Bonchev–Trinajstić information content (AvgIpc) is 2.90. The van der Waals surface area contributed by atoms with Gasteiger partial charge >= 0.3 is 0 Å². The molecule has 1 unspecified atom stereocenters. The van der Waals surface area contributed by atoms with Crippen LogP contribution in [0, 0.1) is 0 Å². The van der Waals surface area contributed by atoms with Gasteiger partial charge in [0, 0.05) is 10.9 Å². The number of thiophene rings is 1. The molecule has 1 saturated carbocycles. The van der Waals surface area contributed by atoms with Crippen molar-refractivity contribution in [3.63, 3.8) is 0 Å². The maximum absolute atomic E-state index is 9.85. The highest BCUT2D eigenvalue weighted by Gasteiger charge is 2.14. The number of aliphatic hydroxyl groups is 1. The van der Waals surface area contributed by atoms with Gasteiger partial charge in [-0.1, -0.05) is 18.9 Å². The lowest BCUT2D eigenvalue weighted by atomic mass is 10.2. The van der Waals surface area contributed by atoms with Crippen LogP contribution in [0.3, 0.4) is 0 Å². The summed E-state index contributed by atoms with van der Waals surface area (Å²) < 4.78 is 0. The topological polar surface area (TPSA) is 32.3 Å². The van der Waals surface area contributed by atoms with E-state index in [9.17, 15) is 5.11 Å². The Morgan fingerprint density at radius 3 is 2.93 bits per heavy atom. The van der Waals surface area contributed by atoms with Crippen LogP contribution >= 0.6 is 11.3 Å². The Hall–Kier alpha value is -0.380. The third-order valence-electron chi connectivity index (χ3n) is 3.08. The molecule has 1 atom stereocenters. The summed E-state index contributed by atoms with van der Waals surface area (Å²) in [5, 5.41) is 15.4. The van der Waals surface area contributed by atoms with Crippen LogP contribution in [0.25, 0.3) is 0 Å². The maximum atomic E-state index is 9.85. The van der Waals surface area contributed by atoms with Gasteiger partial charge in [-0.25, -0.2) is 0 Å². The van der Waals surface area contributed by atoms with E-state index in [0.29, 0.717) is 6.04 Å². The van der Waals surface area contributed by atoms with Crippen molar-refractivity contribution in [2.45, 2.75) is 44.2 Å². The average molecular weight is 225 g/mol. The van der Waals surface area contributed by atoms with Crippen molar-refractivity contribution < 1.29 is 5.11 Å². The molecule has 15 heavy (non-hydrogen) atoms. The molecule has 1 aliphatic rings. The quantitative estimate of drug-likeness (QED) is 0.807. The van der Waals surface area contributed by atoms with Gasteiger partial charge in [0.05, 0.1) is 6.10 Å². The first-order valence-corrected chi connectivity index (χ1v) is 6.69. The molecule has 1 aromatic rings. The molecule has 1 aliphatic carbocycles. The fraction of sp³-hybridized carbons (Fsp3) is 0.667. The smallest absolute Gasteiger partial charge is 0.0894 e. The fourth-order valence-corrected chi connectivity index (χ4v) is 2.92. The zero-order valence-electron chi connectivity index (χ0n) is 8.98. The number of hydrogen-bond acceptors (Lipinski definition) is 3. The van der Waals surface area contributed by atoms with E-state index in [-0.39, 0.29) is 6.10 Å². The van der Waals surface area contributed by atoms with Crippen LogP contribution in [0.4, 0.5) is 0 Å². The molecular formula is C12H19NOS. The molecule has 2 nitrogen and oxygen atoms in total. The van der Waals surface area contributed by atoms with E-state index in [4.69, 9.17) is 0 Å². The van der Waals surface area contributed by atoms with Gasteiger partial charge in [-0.3, -0.25) is 0 Å². The van der Waals surface area contributed by atoms with Crippen LogP contribution in [-0.4, -0.2) is 17.7 Å². The Morgan fingerprint density at radius 2 is 2.27 bits per heavy atom. The minimum Gasteiger partial charge on any atom is -0.388 e. The monoisotopic (exact) mass is 225 g/mol. The minimum atomic E-state index is -0.279. The van der Waals surface area contributed by atoms with E-state index in [2.05, 4.69) is 5.32 Å². The first-order valence-electron chi connectivity index (χ1n) is 5.81. The lowest BCUT2D eigenvalue weighted by Crippen LogP contribution is -2.27. The third-order valence-corrected chi connectivity index (χ3v) is 4.05. The van der Waals surface area contributed by atoms with Gasteiger partial charge in [0.25, 0.3) is 0 Å². The zero-order chi connectivity index (χ0) is 10.5. The van der Waals surface area contributed by atoms with Crippen molar-refractivity contribution in [1.82, 2.24) is 5.32 Å². The standard InChI is InChI=1S/C12H19NOS/c14-11(12-6-3-9-15-12)7-8-13-10-4-1-2-5-10/h3,6,9-11,13-14H,1-2,4-5,7-8H2. The van der Waals surface area contributed by atoms with Crippen molar-refractivity contribution in [2.24, 2.45) is 0 Å². The van der Waals surface area contributed by atoms with Crippen molar-refractivity contribution in [1.29, 1.82) is 0 Å². The Balaban J connectivity index is 1.65. The summed E-state index contributed by atoms with van der Waals surface area (Å²) in [7, 11) is 0. The normalized spacial score (nSPS) is 19.5. The molecule has 2 N–H and O–H groups in total. The summed E-state index contributed by atoms with van der Waals surface area (Å²) in [5.41, 5.74) is 0. The molecule has 3 heteroatoms. The molecule has 0 saturated heterocycles. The Kier molecular flexibility index (Phi) is 4.18. The van der Waals surface area contributed by atoms with Gasteiger partial charge in [-0.2, -0.15) is 0 Å². The fourth-order valence-electron chi connectivity index (χ4n) is 2.18. The van der Waals surface area contributed by atoms with E-state index in [0.717, 1.165) is 17.8 Å². The van der Waals surface area contributed by atoms with Crippen LogP contribution in [0.5, 0.6) is 0 Å². The molecule has 0 spiro atoms. The summed E-state index contributed by atoms with van der Waals surface area (Å²) in [5.74, 6) is 0. The molecule has 1 heterocycles. The predicted molar refractivity (Wildman–Crippen MR) is 64.2 cm³/mol.